The molecule has 31 heavy (non-hydrogen) atoms. The number of nitrogens with one attached hydrogen (secondary N) is 1. The van der Waals surface area contributed by atoms with Crippen LogP contribution in [0, 0.1) is 0 Å². The number of sulfonamides is 1. The van der Waals surface area contributed by atoms with Crippen molar-refractivity contribution in [1.29, 1.82) is 0 Å². The molecule has 1 N–H and O–H groups in total. The zero-order valence-electron chi connectivity index (χ0n) is 17.6. The normalized spacial score (nSPS) is 11.5. The van der Waals surface area contributed by atoms with Gasteiger partial charge in [-0.05, 0) is 43.7 Å². The zero-order valence-corrected chi connectivity index (χ0v) is 19.3. The Morgan fingerprint density at radius 2 is 2.00 bits per heavy atom. The van der Waals surface area contributed by atoms with Gasteiger partial charge < -0.3 is 10.1 Å². The van der Waals surface area contributed by atoms with Crippen LogP contribution in [0.1, 0.15) is 19.8 Å². The number of rotatable bonds is 9. The second-order valence-corrected chi connectivity index (χ2v) is 9.88. The van der Waals surface area contributed by atoms with Crippen molar-refractivity contribution >= 4 is 48.9 Å². The van der Waals surface area contributed by atoms with Crippen molar-refractivity contribution in [2.45, 2.75) is 26.3 Å². The Balaban J connectivity index is 1.64. The highest BCUT2D eigenvalue weighted by atomic mass is 32.2. The molecule has 2 aromatic carbocycles. The number of nitrogens with zero attached hydrogens (tertiary/aromatic N) is 2. The maximum Gasteiger partial charge on any atom is 0.308 e. The summed E-state index contributed by atoms with van der Waals surface area (Å²) in [6, 6.07) is 12.1. The zero-order chi connectivity index (χ0) is 22.6. The van der Waals surface area contributed by atoms with E-state index in [1.807, 2.05) is 13.0 Å². The Bertz CT molecular complexity index is 1250. The predicted octanol–water partition coefficient (Wildman–Crippen LogP) is 3.28. The largest absolute Gasteiger partial charge is 0.497 e. The molecular weight excluding hydrogens is 438 g/mol. The van der Waals surface area contributed by atoms with E-state index in [-0.39, 0.29) is 23.7 Å². The summed E-state index contributed by atoms with van der Waals surface area (Å²) in [6.07, 6.45) is 1.63. The Hall–Kier alpha value is -2.85. The molecule has 0 atom stereocenters. The Morgan fingerprint density at radius 3 is 2.68 bits per heavy atom. The van der Waals surface area contributed by atoms with E-state index in [9.17, 15) is 18.0 Å². The monoisotopic (exact) mass is 463 g/mol. The minimum atomic E-state index is -3.51. The van der Waals surface area contributed by atoms with Gasteiger partial charge >= 0.3 is 4.87 Å². The fraction of sp³-hybridized carbons (Fsp3) is 0.333. The average molecular weight is 464 g/mol. The summed E-state index contributed by atoms with van der Waals surface area (Å²) in [5, 5.41) is 2.82. The number of aryl methyl sites for hydroxylation is 1. The van der Waals surface area contributed by atoms with Crippen molar-refractivity contribution in [3.63, 3.8) is 0 Å². The summed E-state index contributed by atoms with van der Waals surface area (Å²) >= 11 is 1.14. The molecule has 166 valence electrons. The van der Waals surface area contributed by atoms with Crippen molar-refractivity contribution < 1.29 is 17.9 Å². The molecule has 0 spiro atoms. The molecule has 0 bridgehead atoms. The Morgan fingerprint density at radius 1 is 1.23 bits per heavy atom. The quantitative estimate of drug-likeness (QED) is 0.525. The number of thiazole rings is 1. The number of fused-ring (bicyclic) bond motifs is 1. The van der Waals surface area contributed by atoms with Crippen LogP contribution in [0.3, 0.4) is 0 Å². The lowest BCUT2D eigenvalue weighted by atomic mass is 10.2. The van der Waals surface area contributed by atoms with E-state index >= 15 is 0 Å². The van der Waals surface area contributed by atoms with Gasteiger partial charge in [0.1, 0.15) is 5.75 Å². The van der Waals surface area contributed by atoms with Crippen LogP contribution >= 0.6 is 11.3 Å². The molecule has 0 saturated carbocycles. The molecule has 8 nitrogen and oxygen atoms in total. The van der Waals surface area contributed by atoms with Gasteiger partial charge in [0.25, 0.3) is 0 Å². The van der Waals surface area contributed by atoms with Gasteiger partial charge in [-0.1, -0.05) is 17.4 Å². The van der Waals surface area contributed by atoms with Crippen LogP contribution < -0.4 is 19.2 Å². The summed E-state index contributed by atoms with van der Waals surface area (Å²) in [5.41, 5.74) is 1.94. The van der Waals surface area contributed by atoms with E-state index in [1.54, 1.807) is 41.0 Å². The van der Waals surface area contributed by atoms with Crippen molar-refractivity contribution in [3.8, 4) is 5.75 Å². The minimum Gasteiger partial charge on any atom is -0.497 e. The summed E-state index contributed by atoms with van der Waals surface area (Å²) in [5.74, 6) is 0.333. The van der Waals surface area contributed by atoms with Crippen molar-refractivity contribution in [2.24, 2.45) is 0 Å². The molecule has 0 aliphatic heterocycles. The SMILES string of the molecule is CCn1c(=O)sc2cc(NC(=O)CCCN(c3cccc(OC)c3)S(C)(=O)=O)ccc21. The summed E-state index contributed by atoms with van der Waals surface area (Å²) in [6.45, 7) is 2.67. The van der Waals surface area contributed by atoms with Crippen LogP contribution in [0.4, 0.5) is 11.4 Å². The molecule has 1 aromatic heterocycles. The van der Waals surface area contributed by atoms with Gasteiger partial charge in [-0.3, -0.25) is 18.5 Å². The molecule has 3 rings (SSSR count). The maximum atomic E-state index is 12.4. The third kappa shape index (κ3) is 5.45. The van der Waals surface area contributed by atoms with E-state index in [4.69, 9.17) is 4.74 Å². The van der Waals surface area contributed by atoms with E-state index in [0.29, 0.717) is 30.1 Å². The highest BCUT2D eigenvalue weighted by molar-refractivity contribution is 7.92. The van der Waals surface area contributed by atoms with Gasteiger partial charge in [0, 0.05) is 31.3 Å². The third-order valence-electron chi connectivity index (χ3n) is 4.77. The van der Waals surface area contributed by atoms with Crippen LogP contribution in [0.15, 0.2) is 47.3 Å². The first kappa shape index (κ1) is 22.8. The second kappa shape index (κ2) is 9.52. The number of carbonyl (C=O) groups is 1. The number of benzene rings is 2. The average Bonchev–Trinajstić information content (AvgIpc) is 3.04. The minimum absolute atomic E-state index is 0.0283. The number of amides is 1. The standard InChI is InChI=1S/C21H25N3O5S2/c1-4-23-18-11-10-15(13-19(18)30-21(23)26)22-20(25)9-6-12-24(31(3,27)28)16-7-5-8-17(14-16)29-2/h5,7-8,10-11,13-14H,4,6,9,12H2,1-3H3,(H,22,25). The molecule has 0 fully saturated rings. The van der Waals surface area contributed by atoms with Crippen LogP contribution in [-0.4, -0.2) is 38.8 Å². The Labute approximate surface area is 185 Å². The number of aromatic nitrogens is 1. The highest BCUT2D eigenvalue weighted by Crippen LogP contribution is 2.24. The van der Waals surface area contributed by atoms with E-state index < -0.39 is 10.0 Å². The number of carbonyl (C=O) groups excluding carboxylic acids is 1. The Kier molecular flexibility index (Phi) is 7.01. The van der Waals surface area contributed by atoms with Crippen LogP contribution in [-0.2, 0) is 21.4 Å². The molecule has 1 amide bonds. The number of methoxy groups -OCH3 is 1. The summed E-state index contributed by atoms with van der Waals surface area (Å²) in [4.78, 5) is 24.3. The fourth-order valence-electron chi connectivity index (χ4n) is 3.30. The van der Waals surface area contributed by atoms with Crippen LogP contribution in [0.5, 0.6) is 5.75 Å². The van der Waals surface area contributed by atoms with E-state index in [0.717, 1.165) is 27.8 Å². The van der Waals surface area contributed by atoms with Gasteiger partial charge in [0.15, 0.2) is 0 Å². The molecule has 0 unspecified atom stereocenters. The van der Waals surface area contributed by atoms with Crippen molar-refractivity contribution in [2.75, 3.05) is 29.5 Å². The summed E-state index contributed by atoms with van der Waals surface area (Å²) < 4.78 is 33.4. The lowest BCUT2D eigenvalue weighted by Gasteiger charge is -2.22. The lowest BCUT2D eigenvalue weighted by molar-refractivity contribution is -0.116. The highest BCUT2D eigenvalue weighted by Gasteiger charge is 2.18. The molecule has 3 aromatic rings. The summed E-state index contributed by atoms with van der Waals surface area (Å²) in [7, 11) is -2.00. The van der Waals surface area contributed by atoms with Crippen LogP contribution in [0.2, 0.25) is 0 Å². The number of ether oxygens (including phenoxy) is 1. The van der Waals surface area contributed by atoms with Gasteiger partial charge in [-0.25, -0.2) is 8.42 Å². The molecule has 10 heteroatoms. The topological polar surface area (TPSA) is 97.7 Å². The lowest BCUT2D eigenvalue weighted by Crippen LogP contribution is -2.31. The van der Waals surface area contributed by atoms with Gasteiger partial charge in [0.2, 0.25) is 15.9 Å². The molecular formula is C21H25N3O5S2. The van der Waals surface area contributed by atoms with Crippen molar-refractivity contribution in [1.82, 2.24) is 4.57 Å². The van der Waals surface area contributed by atoms with Gasteiger partial charge in [-0.15, -0.1) is 0 Å². The first-order chi connectivity index (χ1) is 14.7. The predicted molar refractivity (Wildman–Crippen MR) is 125 cm³/mol. The fourth-order valence-corrected chi connectivity index (χ4v) is 5.25. The van der Waals surface area contributed by atoms with E-state index in [1.165, 1.54) is 11.4 Å². The number of hydrogen-bond donors (Lipinski definition) is 1. The molecule has 0 saturated heterocycles. The molecule has 0 radical (unpaired) electrons. The van der Waals surface area contributed by atoms with Crippen molar-refractivity contribution in [3.05, 3.63) is 52.1 Å². The number of hydrogen-bond acceptors (Lipinski definition) is 6. The van der Waals surface area contributed by atoms with Gasteiger partial charge in [-0.2, -0.15) is 0 Å². The second-order valence-electron chi connectivity index (χ2n) is 6.98. The number of anilines is 2. The smallest absolute Gasteiger partial charge is 0.308 e. The molecule has 0 aliphatic rings. The first-order valence-electron chi connectivity index (χ1n) is 9.78. The van der Waals surface area contributed by atoms with Crippen LogP contribution in [0.25, 0.3) is 10.2 Å². The third-order valence-corrected chi connectivity index (χ3v) is 6.91. The molecule has 0 aliphatic carbocycles. The molecule has 1 heterocycles. The first-order valence-corrected chi connectivity index (χ1v) is 12.4. The van der Waals surface area contributed by atoms with Gasteiger partial charge in [0.05, 0.1) is 29.3 Å². The maximum absolute atomic E-state index is 12.4. The van der Waals surface area contributed by atoms with E-state index in [2.05, 4.69) is 5.32 Å².